The van der Waals surface area contributed by atoms with E-state index in [1.807, 2.05) is 18.2 Å². The van der Waals surface area contributed by atoms with Gasteiger partial charge in [0.15, 0.2) is 12.4 Å². The van der Waals surface area contributed by atoms with E-state index < -0.39 is 0 Å². The van der Waals surface area contributed by atoms with E-state index in [9.17, 15) is 14.4 Å². The number of hydrogen-bond donors (Lipinski definition) is 1. The highest BCUT2D eigenvalue weighted by atomic mass is 16.5. The second-order valence-electron chi connectivity index (χ2n) is 8.67. The smallest absolute Gasteiger partial charge is 0.262 e. The summed E-state index contributed by atoms with van der Waals surface area (Å²) in [5, 5.41) is 2.74. The number of ketones is 1. The number of hydrogen-bond acceptors (Lipinski definition) is 4. The van der Waals surface area contributed by atoms with E-state index in [0.717, 1.165) is 5.56 Å². The van der Waals surface area contributed by atoms with Crippen molar-refractivity contribution in [1.29, 1.82) is 0 Å². The molecule has 1 N–H and O–H groups in total. The van der Waals surface area contributed by atoms with Crippen LogP contribution in [-0.4, -0.2) is 42.2 Å². The predicted molar refractivity (Wildman–Crippen MR) is 124 cm³/mol. The Kier molecular flexibility index (Phi) is 6.40. The Bertz CT molecular complexity index is 1050. The standard InChI is InChI=1S/C26H28N2O4/c1-17(2)19-6-3-18(4-7-19)5-10-25(30)28-13-11-20(12-14-28)26(31)21-8-9-23-22(15-21)27-24(29)16-32-23/h3-10,15,17,20H,11-14,16H2,1-2H3,(H,27,29)/b10-5+. The molecule has 2 aliphatic heterocycles. The first-order chi connectivity index (χ1) is 15.4. The van der Waals surface area contributed by atoms with Crippen LogP contribution < -0.4 is 10.1 Å². The summed E-state index contributed by atoms with van der Waals surface area (Å²) in [6.45, 7) is 5.40. The van der Waals surface area contributed by atoms with Crippen LogP contribution in [0.5, 0.6) is 5.75 Å². The third kappa shape index (κ3) is 4.90. The maximum absolute atomic E-state index is 13.0. The van der Waals surface area contributed by atoms with E-state index in [-0.39, 0.29) is 30.1 Å². The van der Waals surface area contributed by atoms with Crippen molar-refractivity contribution in [3.63, 3.8) is 0 Å². The lowest BCUT2D eigenvalue weighted by atomic mass is 9.88. The molecular formula is C26H28N2O4. The van der Waals surface area contributed by atoms with Gasteiger partial charge in [-0.1, -0.05) is 38.1 Å². The Morgan fingerprint density at radius 3 is 2.50 bits per heavy atom. The number of likely N-dealkylation sites (tertiary alicyclic amines) is 1. The monoisotopic (exact) mass is 432 g/mol. The van der Waals surface area contributed by atoms with Gasteiger partial charge in [0.2, 0.25) is 5.91 Å². The largest absolute Gasteiger partial charge is 0.482 e. The minimum atomic E-state index is -0.224. The molecule has 2 aliphatic rings. The maximum Gasteiger partial charge on any atom is 0.262 e. The second kappa shape index (κ2) is 9.39. The predicted octanol–water partition coefficient (Wildman–Crippen LogP) is 4.28. The molecule has 0 atom stereocenters. The quantitative estimate of drug-likeness (QED) is 0.565. The Hall–Kier alpha value is -3.41. The van der Waals surface area contributed by atoms with Gasteiger partial charge < -0.3 is 15.0 Å². The van der Waals surface area contributed by atoms with Crippen LogP contribution in [0.2, 0.25) is 0 Å². The summed E-state index contributed by atoms with van der Waals surface area (Å²) >= 11 is 0. The number of anilines is 1. The van der Waals surface area contributed by atoms with Crippen molar-refractivity contribution in [2.24, 2.45) is 5.92 Å². The van der Waals surface area contributed by atoms with Crippen LogP contribution >= 0.6 is 0 Å². The molecule has 166 valence electrons. The van der Waals surface area contributed by atoms with Gasteiger partial charge in [-0.05, 0) is 54.2 Å². The summed E-state index contributed by atoms with van der Waals surface area (Å²) in [7, 11) is 0. The number of nitrogens with zero attached hydrogens (tertiary/aromatic N) is 1. The summed E-state index contributed by atoms with van der Waals surface area (Å²) in [6, 6.07) is 13.4. The molecule has 0 bridgehead atoms. The first-order valence-electron chi connectivity index (χ1n) is 11.1. The molecule has 2 aromatic rings. The summed E-state index contributed by atoms with van der Waals surface area (Å²) in [4.78, 5) is 38.9. The molecule has 0 unspecified atom stereocenters. The van der Waals surface area contributed by atoms with Crippen molar-refractivity contribution >= 4 is 29.4 Å². The van der Waals surface area contributed by atoms with Gasteiger partial charge >= 0.3 is 0 Å². The van der Waals surface area contributed by atoms with Crippen LogP contribution in [0.25, 0.3) is 6.08 Å². The average Bonchev–Trinajstić information content (AvgIpc) is 2.82. The number of amides is 2. The fourth-order valence-corrected chi connectivity index (χ4v) is 4.10. The maximum atomic E-state index is 13.0. The first-order valence-corrected chi connectivity index (χ1v) is 11.1. The highest BCUT2D eigenvalue weighted by Crippen LogP contribution is 2.31. The molecule has 1 fully saturated rings. The normalized spacial score (nSPS) is 16.6. The third-order valence-electron chi connectivity index (χ3n) is 6.10. The van der Waals surface area contributed by atoms with Gasteiger partial charge in [0, 0.05) is 30.6 Å². The lowest BCUT2D eigenvalue weighted by Gasteiger charge is -2.30. The number of rotatable bonds is 5. The van der Waals surface area contributed by atoms with Gasteiger partial charge in [-0.2, -0.15) is 0 Å². The molecule has 2 amide bonds. The van der Waals surface area contributed by atoms with Crippen LogP contribution in [0.4, 0.5) is 5.69 Å². The molecule has 2 heterocycles. The molecule has 0 spiro atoms. The number of nitrogens with one attached hydrogen (secondary N) is 1. The van der Waals surface area contributed by atoms with E-state index in [1.54, 1.807) is 29.2 Å². The van der Waals surface area contributed by atoms with Crippen molar-refractivity contribution in [1.82, 2.24) is 4.90 Å². The fraction of sp³-hybridized carbons (Fsp3) is 0.346. The molecular weight excluding hydrogens is 404 g/mol. The molecule has 6 nitrogen and oxygen atoms in total. The molecule has 4 rings (SSSR count). The molecule has 0 aliphatic carbocycles. The van der Waals surface area contributed by atoms with Gasteiger partial charge in [-0.25, -0.2) is 0 Å². The van der Waals surface area contributed by atoms with Crippen LogP contribution in [-0.2, 0) is 9.59 Å². The Balaban J connectivity index is 1.32. The number of carbonyl (C=O) groups is 3. The minimum absolute atomic E-state index is 0.00944. The first kappa shape index (κ1) is 21.8. The van der Waals surface area contributed by atoms with E-state index in [2.05, 4.69) is 31.3 Å². The lowest BCUT2D eigenvalue weighted by molar-refractivity contribution is -0.127. The van der Waals surface area contributed by atoms with Crippen molar-refractivity contribution in [3.05, 3.63) is 65.2 Å². The Morgan fingerprint density at radius 1 is 1.09 bits per heavy atom. The zero-order valence-electron chi connectivity index (χ0n) is 18.5. The lowest BCUT2D eigenvalue weighted by Crippen LogP contribution is -2.39. The SMILES string of the molecule is CC(C)c1ccc(/C=C/C(=O)N2CCC(C(=O)c3ccc4c(c3)NC(=O)CO4)CC2)cc1. The number of Topliss-reactive ketones (excluding diaryl/α,β-unsaturated/α-hetero) is 1. The average molecular weight is 433 g/mol. The minimum Gasteiger partial charge on any atom is -0.482 e. The van der Waals surface area contributed by atoms with E-state index in [0.29, 0.717) is 48.8 Å². The number of carbonyl (C=O) groups excluding carboxylic acids is 3. The van der Waals surface area contributed by atoms with Gasteiger partial charge in [-0.15, -0.1) is 0 Å². The molecule has 0 aromatic heterocycles. The highest BCUT2D eigenvalue weighted by Gasteiger charge is 2.28. The van der Waals surface area contributed by atoms with E-state index >= 15 is 0 Å². The second-order valence-corrected chi connectivity index (χ2v) is 8.67. The van der Waals surface area contributed by atoms with Crippen LogP contribution in [0.1, 0.15) is 54.1 Å². The zero-order chi connectivity index (χ0) is 22.7. The Morgan fingerprint density at radius 2 is 1.81 bits per heavy atom. The van der Waals surface area contributed by atoms with Crippen molar-refractivity contribution in [2.75, 3.05) is 25.0 Å². The number of benzene rings is 2. The van der Waals surface area contributed by atoms with Crippen LogP contribution in [0.3, 0.4) is 0 Å². The van der Waals surface area contributed by atoms with Gasteiger partial charge in [0.1, 0.15) is 5.75 Å². The van der Waals surface area contributed by atoms with E-state index in [1.165, 1.54) is 5.56 Å². The van der Waals surface area contributed by atoms with Crippen LogP contribution in [0.15, 0.2) is 48.5 Å². The molecule has 6 heteroatoms. The number of fused-ring (bicyclic) bond motifs is 1. The zero-order valence-corrected chi connectivity index (χ0v) is 18.5. The van der Waals surface area contributed by atoms with Crippen molar-refractivity contribution < 1.29 is 19.1 Å². The topological polar surface area (TPSA) is 75.7 Å². The molecule has 1 saturated heterocycles. The van der Waals surface area contributed by atoms with Gasteiger partial charge in [0.05, 0.1) is 5.69 Å². The van der Waals surface area contributed by atoms with E-state index in [4.69, 9.17) is 4.74 Å². The van der Waals surface area contributed by atoms with Crippen molar-refractivity contribution in [2.45, 2.75) is 32.6 Å². The van der Waals surface area contributed by atoms with Gasteiger partial charge in [0.25, 0.3) is 5.91 Å². The van der Waals surface area contributed by atoms with Crippen LogP contribution in [0, 0.1) is 5.92 Å². The number of piperidine rings is 1. The summed E-state index contributed by atoms with van der Waals surface area (Å²) in [5.41, 5.74) is 3.36. The fourth-order valence-electron chi connectivity index (χ4n) is 4.10. The number of ether oxygens (including phenoxy) is 1. The van der Waals surface area contributed by atoms with Crippen molar-refractivity contribution in [3.8, 4) is 5.75 Å². The van der Waals surface area contributed by atoms with Gasteiger partial charge in [-0.3, -0.25) is 14.4 Å². The third-order valence-corrected chi connectivity index (χ3v) is 6.10. The Labute approximate surface area is 188 Å². The molecule has 0 radical (unpaired) electrons. The highest BCUT2D eigenvalue weighted by molar-refractivity contribution is 6.02. The molecule has 32 heavy (non-hydrogen) atoms. The summed E-state index contributed by atoms with van der Waals surface area (Å²) < 4.78 is 5.35. The summed E-state index contributed by atoms with van der Waals surface area (Å²) in [6.07, 6.45) is 4.70. The summed E-state index contributed by atoms with van der Waals surface area (Å²) in [5.74, 6) is 0.708. The molecule has 0 saturated carbocycles. The molecule has 2 aromatic carbocycles.